The molecule has 5 nitrogen and oxygen atoms in total. The van der Waals surface area contributed by atoms with Gasteiger partial charge in [-0.15, -0.1) is 0 Å². The molecule has 84 valence electrons. The number of nitrogens with two attached hydrogens (primary N) is 1. The first-order valence-corrected chi connectivity index (χ1v) is 5.12. The molecule has 1 aromatic heterocycles. The van der Waals surface area contributed by atoms with Crippen molar-refractivity contribution >= 4 is 11.6 Å². The van der Waals surface area contributed by atoms with Crippen LogP contribution in [-0.4, -0.2) is 22.2 Å². The zero-order valence-corrected chi connectivity index (χ0v) is 9.45. The standard InChI is InChI=1S/C10H18N4O/c1-4-7(2)5-12-10(15)9-8(11)6-13-14(9)3/h6-7H,4-5,11H2,1-3H3,(H,12,15). The number of nitrogens with zero attached hydrogens (tertiary/aromatic N) is 2. The number of anilines is 1. The Labute approximate surface area is 89.6 Å². The first-order chi connectivity index (χ1) is 7.06. The van der Waals surface area contributed by atoms with E-state index in [1.807, 2.05) is 0 Å². The molecule has 1 atom stereocenters. The van der Waals surface area contributed by atoms with E-state index in [0.29, 0.717) is 23.8 Å². The minimum Gasteiger partial charge on any atom is -0.396 e. The van der Waals surface area contributed by atoms with Gasteiger partial charge in [0, 0.05) is 13.6 Å². The molecule has 0 aliphatic carbocycles. The second-order valence-electron chi connectivity index (χ2n) is 3.80. The van der Waals surface area contributed by atoms with Crippen LogP contribution in [0.5, 0.6) is 0 Å². The summed E-state index contributed by atoms with van der Waals surface area (Å²) < 4.78 is 1.49. The Kier molecular flexibility index (Phi) is 3.71. The van der Waals surface area contributed by atoms with Crippen LogP contribution in [0, 0.1) is 5.92 Å². The zero-order valence-electron chi connectivity index (χ0n) is 9.45. The average Bonchev–Trinajstić information content (AvgIpc) is 2.54. The number of aromatic nitrogens is 2. The van der Waals surface area contributed by atoms with Gasteiger partial charge in [-0.05, 0) is 5.92 Å². The molecule has 1 unspecified atom stereocenters. The lowest BCUT2D eigenvalue weighted by molar-refractivity contribution is 0.0939. The number of nitrogens with one attached hydrogen (secondary N) is 1. The Hall–Kier alpha value is -1.52. The lowest BCUT2D eigenvalue weighted by Crippen LogP contribution is -2.30. The lowest BCUT2D eigenvalue weighted by atomic mass is 10.1. The molecule has 0 radical (unpaired) electrons. The van der Waals surface area contributed by atoms with Crippen LogP contribution in [-0.2, 0) is 7.05 Å². The topological polar surface area (TPSA) is 72.9 Å². The predicted molar refractivity (Wildman–Crippen MR) is 59.4 cm³/mol. The van der Waals surface area contributed by atoms with E-state index in [2.05, 4.69) is 24.3 Å². The van der Waals surface area contributed by atoms with Gasteiger partial charge in [-0.2, -0.15) is 5.10 Å². The van der Waals surface area contributed by atoms with Crippen LogP contribution in [0.15, 0.2) is 6.20 Å². The quantitative estimate of drug-likeness (QED) is 0.771. The molecule has 0 bridgehead atoms. The second-order valence-corrected chi connectivity index (χ2v) is 3.80. The highest BCUT2D eigenvalue weighted by Gasteiger charge is 2.14. The highest BCUT2D eigenvalue weighted by atomic mass is 16.2. The molecule has 0 aromatic carbocycles. The second kappa shape index (κ2) is 4.82. The van der Waals surface area contributed by atoms with E-state index in [9.17, 15) is 4.79 Å². The van der Waals surface area contributed by atoms with Crippen LogP contribution in [0.3, 0.4) is 0 Å². The van der Waals surface area contributed by atoms with Gasteiger partial charge >= 0.3 is 0 Å². The number of carbonyl (C=O) groups excluding carboxylic acids is 1. The molecule has 0 aliphatic rings. The number of aryl methyl sites for hydroxylation is 1. The van der Waals surface area contributed by atoms with Gasteiger partial charge in [0.05, 0.1) is 11.9 Å². The normalized spacial score (nSPS) is 12.5. The summed E-state index contributed by atoms with van der Waals surface area (Å²) in [6, 6.07) is 0. The Morgan fingerprint density at radius 2 is 2.40 bits per heavy atom. The molecule has 0 spiro atoms. The number of rotatable bonds is 4. The van der Waals surface area contributed by atoms with Crippen LogP contribution in [0.25, 0.3) is 0 Å². The summed E-state index contributed by atoms with van der Waals surface area (Å²) in [6.45, 7) is 4.85. The van der Waals surface area contributed by atoms with E-state index in [0.717, 1.165) is 6.42 Å². The van der Waals surface area contributed by atoms with Crippen molar-refractivity contribution in [2.75, 3.05) is 12.3 Å². The molecule has 1 rings (SSSR count). The molecule has 1 amide bonds. The van der Waals surface area contributed by atoms with Crippen molar-refractivity contribution in [2.24, 2.45) is 13.0 Å². The molecule has 5 heteroatoms. The molecule has 0 aliphatic heterocycles. The van der Waals surface area contributed by atoms with Crippen molar-refractivity contribution in [2.45, 2.75) is 20.3 Å². The van der Waals surface area contributed by atoms with Crippen LogP contribution >= 0.6 is 0 Å². The highest BCUT2D eigenvalue weighted by molar-refractivity contribution is 5.97. The van der Waals surface area contributed by atoms with E-state index in [1.165, 1.54) is 10.9 Å². The summed E-state index contributed by atoms with van der Waals surface area (Å²) in [6.07, 6.45) is 2.53. The Balaban J connectivity index is 2.62. The van der Waals surface area contributed by atoms with Crippen molar-refractivity contribution in [1.82, 2.24) is 15.1 Å². The van der Waals surface area contributed by atoms with Gasteiger partial charge in [-0.3, -0.25) is 9.48 Å². The van der Waals surface area contributed by atoms with Crippen molar-refractivity contribution in [3.63, 3.8) is 0 Å². The van der Waals surface area contributed by atoms with Gasteiger partial charge in [0.2, 0.25) is 0 Å². The van der Waals surface area contributed by atoms with Gasteiger partial charge in [-0.1, -0.05) is 20.3 Å². The van der Waals surface area contributed by atoms with Crippen LogP contribution in [0.1, 0.15) is 30.8 Å². The van der Waals surface area contributed by atoms with Crippen molar-refractivity contribution in [3.05, 3.63) is 11.9 Å². The Morgan fingerprint density at radius 3 is 2.87 bits per heavy atom. The van der Waals surface area contributed by atoms with E-state index >= 15 is 0 Å². The molecule has 3 N–H and O–H groups in total. The SMILES string of the molecule is CCC(C)CNC(=O)c1c(N)cnn1C. The summed E-state index contributed by atoms with van der Waals surface area (Å²) in [5.74, 6) is 0.316. The molecular weight excluding hydrogens is 192 g/mol. The molecule has 15 heavy (non-hydrogen) atoms. The van der Waals surface area contributed by atoms with E-state index in [-0.39, 0.29) is 5.91 Å². The number of hydrogen-bond donors (Lipinski definition) is 2. The molecule has 1 heterocycles. The molecule has 0 saturated heterocycles. The van der Waals surface area contributed by atoms with E-state index in [4.69, 9.17) is 5.73 Å². The molecule has 1 aromatic rings. The molecule has 0 saturated carbocycles. The largest absolute Gasteiger partial charge is 0.396 e. The van der Waals surface area contributed by atoms with Gasteiger partial charge in [0.25, 0.3) is 5.91 Å². The molecule has 0 fully saturated rings. The third-order valence-corrected chi connectivity index (χ3v) is 2.49. The van der Waals surface area contributed by atoms with Crippen LogP contribution < -0.4 is 11.1 Å². The number of hydrogen-bond acceptors (Lipinski definition) is 3. The maximum atomic E-state index is 11.7. The Morgan fingerprint density at radius 1 is 1.73 bits per heavy atom. The predicted octanol–water partition coefficient (Wildman–Crippen LogP) is 0.778. The number of carbonyl (C=O) groups is 1. The highest BCUT2D eigenvalue weighted by Crippen LogP contribution is 2.09. The van der Waals surface area contributed by atoms with E-state index in [1.54, 1.807) is 7.05 Å². The van der Waals surface area contributed by atoms with Crippen molar-refractivity contribution in [3.8, 4) is 0 Å². The van der Waals surface area contributed by atoms with Gasteiger partial charge in [-0.25, -0.2) is 0 Å². The summed E-state index contributed by atoms with van der Waals surface area (Å²) in [7, 11) is 1.70. The fourth-order valence-electron chi connectivity index (χ4n) is 1.23. The lowest BCUT2D eigenvalue weighted by Gasteiger charge is -2.10. The summed E-state index contributed by atoms with van der Waals surface area (Å²) >= 11 is 0. The maximum absolute atomic E-state index is 11.7. The minimum atomic E-state index is -0.159. The molecular formula is C10H18N4O. The number of amides is 1. The third kappa shape index (κ3) is 2.71. The zero-order chi connectivity index (χ0) is 11.4. The van der Waals surface area contributed by atoms with E-state index < -0.39 is 0 Å². The van der Waals surface area contributed by atoms with Gasteiger partial charge < -0.3 is 11.1 Å². The summed E-state index contributed by atoms with van der Waals surface area (Å²) in [5, 5.41) is 6.75. The fourth-order valence-corrected chi connectivity index (χ4v) is 1.23. The Bertz CT molecular complexity index is 326. The number of nitrogen functional groups attached to an aromatic ring is 1. The first kappa shape index (κ1) is 11.6. The van der Waals surface area contributed by atoms with Gasteiger partial charge in [0.1, 0.15) is 5.69 Å². The average molecular weight is 210 g/mol. The monoisotopic (exact) mass is 210 g/mol. The fraction of sp³-hybridized carbons (Fsp3) is 0.600. The van der Waals surface area contributed by atoms with Gasteiger partial charge in [0.15, 0.2) is 0 Å². The third-order valence-electron chi connectivity index (χ3n) is 2.49. The van der Waals surface area contributed by atoms with Crippen molar-refractivity contribution in [1.29, 1.82) is 0 Å². The smallest absolute Gasteiger partial charge is 0.271 e. The maximum Gasteiger partial charge on any atom is 0.271 e. The minimum absolute atomic E-state index is 0.159. The van der Waals surface area contributed by atoms with Crippen molar-refractivity contribution < 1.29 is 4.79 Å². The van der Waals surface area contributed by atoms with Crippen LogP contribution in [0.4, 0.5) is 5.69 Å². The van der Waals surface area contributed by atoms with Crippen LogP contribution in [0.2, 0.25) is 0 Å². The first-order valence-electron chi connectivity index (χ1n) is 5.12. The summed E-state index contributed by atoms with van der Waals surface area (Å²) in [5.41, 5.74) is 6.48. The summed E-state index contributed by atoms with van der Waals surface area (Å²) in [4.78, 5) is 11.7.